The van der Waals surface area contributed by atoms with E-state index >= 15 is 0 Å². The van der Waals surface area contributed by atoms with Gasteiger partial charge in [-0.2, -0.15) is 0 Å². The molecule has 0 aliphatic rings. The predicted molar refractivity (Wildman–Crippen MR) is 91.8 cm³/mol. The molecule has 1 rings (SSSR count). The molecule has 102 valence electrons. The number of thiocarbonyl (C=S) groups is 2. The van der Waals surface area contributed by atoms with Gasteiger partial charge in [-0.1, -0.05) is 61.4 Å². The largest absolute Gasteiger partial charge is 0.379 e. The average Bonchev–Trinajstić information content (AvgIpc) is 2.40. The summed E-state index contributed by atoms with van der Waals surface area (Å²) in [7, 11) is 0. The lowest BCUT2D eigenvalue weighted by molar-refractivity contribution is 0.913. The van der Waals surface area contributed by atoms with Crippen molar-refractivity contribution < 1.29 is 0 Å². The zero-order valence-electron chi connectivity index (χ0n) is 11.4. The summed E-state index contributed by atoms with van der Waals surface area (Å²) in [6.07, 6.45) is 1.82. The second-order valence-electron chi connectivity index (χ2n) is 4.09. The highest BCUT2D eigenvalue weighted by atomic mass is 32.1. The third-order valence-electron chi connectivity index (χ3n) is 2.73. The van der Waals surface area contributed by atoms with Crippen LogP contribution in [0.4, 0.5) is 0 Å². The standard InChI is InChI=1S/C15H20N2S2/c1-4-11-7-9-12(10-8-11)13(14(18)16-5-2)15(19)17-6-3/h4,7-10,13H,1,5-6H2,2-3H3,(H,16,18)(H,17,19). The monoisotopic (exact) mass is 292 g/mol. The van der Waals surface area contributed by atoms with Crippen molar-refractivity contribution in [3.63, 3.8) is 0 Å². The number of rotatable bonds is 6. The van der Waals surface area contributed by atoms with E-state index in [1.807, 2.05) is 32.1 Å². The summed E-state index contributed by atoms with van der Waals surface area (Å²) in [5.41, 5.74) is 2.19. The van der Waals surface area contributed by atoms with E-state index in [0.717, 1.165) is 34.2 Å². The van der Waals surface area contributed by atoms with Crippen LogP contribution in [0, 0.1) is 0 Å². The minimum Gasteiger partial charge on any atom is -0.379 e. The molecule has 2 N–H and O–H groups in total. The molecule has 1 aromatic rings. The van der Waals surface area contributed by atoms with E-state index in [-0.39, 0.29) is 5.92 Å². The molecule has 0 aliphatic heterocycles. The molecule has 0 amide bonds. The van der Waals surface area contributed by atoms with Crippen molar-refractivity contribution in [3.05, 3.63) is 42.0 Å². The molecule has 0 aromatic heterocycles. The number of nitrogens with one attached hydrogen (secondary N) is 2. The van der Waals surface area contributed by atoms with E-state index in [0.29, 0.717) is 0 Å². The van der Waals surface area contributed by atoms with Crippen molar-refractivity contribution in [2.45, 2.75) is 19.8 Å². The van der Waals surface area contributed by atoms with Gasteiger partial charge in [0.1, 0.15) is 0 Å². The Morgan fingerprint density at radius 3 is 1.95 bits per heavy atom. The fourth-order valence-corrected chi connectivity index (χ4v) is 2.67. The Morgan fingerprint density at radius 1 is 1.11 bits per heavy atom. The van der Waals surface area contributed by atoms with Crippen LogP contribution in [0.3, 0.4) is 0 Å². The highest BCUT2D eigenvalue weighted by Crippen LogP contribution is 2.19. The van der Waals surface area contributed by atoms with E-state index in [1.165, 1.54) is 0 Å². The molecular formula is C15H20N2S2. The smallest absolute Gasteiger partial charge is 0.0898 e. The summed E-state index contributed by atoms with van der Waals surface area (Å²) < 4.78 is 0. The molecule has 0 saturated heterocycles. The van der Waals surface area contributed by atoms with Crippen molar-refractivity contribution in [1.82, 2.24) is 10.6 Å². The summed E-state index contributed by atoms with van der Waals surface area (Å²) in [6.45, 7) is 9.42. The van der Waals surface area contributed by atoms with Gasteiger partial charge in [0.2, 0.25) is 0 Å². The fourth-order valence-electron chi connectivity index (χ4n) is 1.80. The van der Waals surface area contributed by atoms with Gasteiger partial charge in [0.15, 0.2) is 0 Å². The van der Waals surface area contributed by atoms with Crippen molar-refractivity contribution in [1.29, 1.82) is 0 Å². The fraction of sp³-hybridized carbons (Fsp3) is 0.333. The number of hydrogen-bond donors (Lipinski definition) is 2. The maximum atomic E-state index is 5.45. The summed E-state index contributed by atoms with van der Waals surface area (Å²) in [6, 6.07) is 8.15. The van der Waals surface area contributed by atoms with Crippen molar-refractivity contribution in [2.24, 2.45) is 0 Å². The zero-order chi connectivity index (χ0) is 14.3. The average molecular weight is 292 g/mol. The Balaban J connectivity index is 3.03. The zero-order valence-corrected chi connectivity index (χ0v) is 13.0. The predicted octanol–water partition coefficient (Wildman–Crippen LogP) is 3.29. The summed E-state index contributed by atoms with van der Waals surface area (Å²) >= 11 is 10.9. The molecule has 0 saturated carbocycles. The Hall–Kier alpha value is -1.26. The minimum atomic E-state index is -0.0660. The molecule has 2 nitrogen and oxygen atoms in total. The van der Waals surface area contributed by atoms with Gasteiger partial charge in [-0.15, -0.1) is 0 Å². The topological polar surface area (TPSA) is 24.1 Å². The van der Waals surface area contributed by atoms with Crippen LogP contribution in [0.5, 0.6) is 0 Å². The molecule has 0 atom stereocenters. The van der Waals surface area contributed by atoms with Crippen LogP contribution in [0.1, 0.15) is 30.9 Å². The van der Waals surface area contributed by atoms with Gasteiger partial charge in [0, 0.05) is 13.1 Å². The van der Waals surface area contributed by atoms with Gasteiger partial charge in [-0.05, 0) is 25.0 Å². The molecule has 0 heterocycles. The molecule has 0 unspecified atom stereocenters. The van der Waals surface area contributed by atoms with Crippen LogP contribution in [-0.4, -0.2) is 23.1 Å². The molecular weight excluding hydrogens is 272 g/mol. The summed E-state index contributed by atoms with van der Waals surface area (Å²) in [4.78, 5) is 1.53. The van der Waals surface area contributed by atoms with E-state index < -0.39 is 0 Å². The Labute approximate surface area is 126 Å². The van der Waals surface area contributed by atoms with Gasteiger partial charge in [0.25, 0.3) is 0 Å². The van der Waals surface area contributed by atoms with Gasteiger partial charge in [-0.3, -0.25) is 0 Å². The van der Waals surface area contributed by atoms with Crippen LogP contribution in [0.2, 0.25) is 0 Å². The maximum absolute atomic E-state index is 5.45. The number of likely N-dealkylation sites (N-methyl/N-ethyl adjacent to an activating group) is 2. The van der Waals surface area contributed by atoms with Crippen LogP contribution >= 0.6 is 24.4 Å². The highest BCUT2D eigenvalue weighted by Gasteiger charge is 2.21. The molecule has 0 bridgehead atoms. The first kappa shape index (κ1) is 15.8. The van der Waals surface area contributed by atoms with Crippen LogP contribution in [0.25, 0.3) is 6.08 Å². The lowest BCUT2D eigenvalue weighted by Gasteiger charge is -2.21. The molecule has 0 aliphatic carbocycles. The second kappa shape index (κ2) is 8.02. The van der Waals surface area contributed by atoms with Gasteiger partial charge in [-0.25, -0.2) is 0 Å². The van der Waals surface area contributed by atoms with E-state index in [1.54, 1.807) is 0 Å². The Bertz CT molecular complexity index is 434. The second-order valence-corrected chi connectivity index (χ2v) is 4.97. The van der Waals surface area contributed by atoms with Crippen molar-refractivity contribution >= 4 is 40.5 Å². The Kier molecular flexibility index (Phi) is 6.67. The first-order chi connectivity index (χ1) is 9.13. The normalized spacial score (nSPS) is 10.1. The Morgan fingerprint density at radius 2 is 1.58 bits per heavy atom. The third kappa shape index (κ3) is 4.40. The maximum Gasteiger partial charge on any atom is 0.0898 e. The summed E-state index contributed by atoms with van der Waals surface area (Å²) in [5, 5.41) is 6.39. The first-order valence-electron chi connectivity index (χ1n) is 6.41. The molecule has 19 heavy (non-hydrogen) atoms. The van der Waals surface area contributed by atoms with Crippen molar-refractivity contribution in [3.8, 4) is 0 Å². The number of hydrogen-bond acceptors (Lipinski definition) is 2. The SMILES string of the molecule is C=Cc1ccc(C(C(=S)NCC)C(=S)NCC)cc1. The van der Waals surface area contributed by atoms with E-state index in [4.69, 9.17) is 24.4 Å². The first-order valence-corrected chi connectivity index (χ1v) is 7.23. The number of benzene rings is 1. The lowest BCUT2D eigenvalue weighted by atomic mass is 9.97. The minimum absolute atomic E-state index is 0.0660. The van der Waals surface area contributed by atoms with Crippen molar-refractivity contribution in [2.75, 3.05) is 13.1 Å². The van der Waals surface area contributed by atoms with Crippen LogP contribution in [-0.2, 0) is 0 Å². The van der Waals surface area contributed by atoms with Crippen LogP contribution < -0.4 is 10.6 Å². The van der Waals surface area contributed by atoms with E-state index in [9.17, 15) is 0 Å². The van der Waals surface area contributed by atoms with E-state index in [2.05, 4.69) is 29.3 Å². The molecule has 0 radical (unpaired) electrons. The molecule has 4 heteroatoms. The molecule has 0 fully saturated rings. The quantitative estimate of drug-likeness (QED) is 0.786. The van der Waals surface area contributed by atoms with Crippen LogP contribution in [0.15, 0.2) is 30.8 Å². The lowest BCUT2D eigenvalue weighted by Crippen LogP contribution is -2.37. The summed E-state index contributed by atoms with van der Waals surface area (Å²) in [5.74, 6) is -0.0660. The molecule has 0 spiro atoms. The third-order valence-corrected chi connectivity index (χ3v) is 3.49. The van der Waals surface area contributed by atoms with Gasteiger partial charge < -0.3 is 10.6 Å². The van der Waals surface area contributed by atoms with Gasteiger partial charge in [0.05, 0.1) is 15.9 Å². The highest BCUT2D eigenvalue weighted by molar-refractivity contribution is 7.82. The molecule has 1 aromatic carbocycles. The van der Waals surface area contributed by atoms with Gasteiger partial charge >= 0.3 is 0 Å².